The van der Waals surface area contributed by atoms with Gasteiger partial charge in [0.1, 0.15) is 5.82 Å². The molecule has 0 spiro atoms. The third-order valence-electron chi connectivity index (χ3n) is 1.40. The highest BCUT2D eigenvalue weighted by Crippen LogP contribution is 2.23. The monoisotopic (exact) mass is 342 g/mol. The highest BCUT2D eigenvalue weighted by atomic mass is 127. The molecule has 0 radical (unpaired) electrons. The van der Waals surface area contributed by atoms with Crippen molar-refractivity contribution in [3.63, 3.8) is 0 Å². The molecule has 0 aliphatic heterocycles. The number of benzene rings is 1. The quantitative estimate of drug-likeness (QED) is 0.434. The van der Waals surface area contributed by atoms with E-state index in [1.165, 1.54) is 6.92 Å². The Morgan fingerprint density at radius 2 is 2.17 bits per heavy atom. The summed E-state index contributed by atoms with van der Waals surface area (Å²) in [6.45, 7) is 1.35. The Bertz CT molecular complexity index is 338. The summed E-state index contributed by atoms with van der Waals surface area (Å²) < 4.78 is 14.2. The fraction of sp³-hybridized carbons (Fsp3) is 0.125. The second kappa shape index (κ2) is 3.83. The summed E-state index contributed by atoms with van der Waals surface area (Å²) in [7, 11) is 0. The molecule has 0 fully saturated rings. The van der Waals surface area contributed by atoms with Gasteiger partial charge in [0.25, 0.3) is 0 Å². The van der Waals surface area contributed by atoms with Gasteiger partial charge in [-0.25, -0.2) is 4.39 Å². The van der Waals surface area contributed by atoms with Crippen LogP contribution in [0, 0.1) is 9.39 Å². The van der Waals surface area contributed by atoms with Crippen molar-refractivity contribution in [1.29, 1.82) is 0 Å². The minimum Gasteiger partial charge on any atom is -0.294 e. The summed E-state index contributed by atoms with van der Waals surface area (Å²) in [6, 6.07) is 3.29. The summed E-state index contributed by atoms with van der Waals surface area (Å²) in [5.41, 5.74) is 0.157. The molecule has 64 valence electrons. The van der Waals surface area contributed by atoms with Crippen molar-refractivity contribution in [1.82, 2.24) is 0 Å². The van der Waals surface area contributed by atoms with Crippen LogP contribution in [0.15, 0.2) is 16.6 Å². The minimum atomic E-state index is -0.477. The lowest BCUT2D eigenvalue weighted by atomic mass is 10.1. The molecule has 0 saturated heterocycles. The van der Waals surface area contributed by atoms with E-state index in [4.69, 9.17) is 0 Å². The van der Waals surface area contributed by atoms with E-state index >= 15 is 0 Å². The number of rotatable bonds is 1. The van der Waals surface area contributed by atoms with Crippen molar-refractivity contribution in [2.45, 2.75) is 6.92 Å². The van der Waals surface area contributed by atoms with Gasteiger partial charge in [-0.1, -0.05) is 0 Å². The molecular weight excluding hydrogens is 338 g/mol. The molecule has 1 aromatic rings. The van der Waals surface area contributed by atoms with Crippen molar-refractivity contribution in [3.8, 4) is 0 Å². The van der Waals surface area contributed by atoms with Crippen LogP contribution < -0.4 is 0 Å². The van der Waals surface area contributed by atoms with Gasteiger partial charge in [-0.2, -0.15) is 0 Å². The number of Topliss-reactive ketones (excluding diaryl/α,β-unsaturated/α-hetero) is 1. The Labute approximate surface area is 91.6 Å². The molecule has 12 heavy (non-hydrogen) atoms. The average Bonchev–Trinajstić information content (AvgIpc) is 1.97. The van der Waals surface area contributed by atoms with E-state index in [1.54, 1.807) is 12.1 Å². The summed E-state index contributed by atoms with van der Waals surface area (Å²) >= 11 is 4.95. The third-order valence-corrected chi connectivity index (χ3v) is 2.91. The molecule has 1 nitrogen and oxygen atoms in total. The standard InChI is InChI=1S/C8H5BrFIO/c1-4(12)7-6(11)3-2-5(9)8(7)10/h2-3H,1H3. The highest BCUT2D eigenvalue weighted by molar-refractivity contribution is 14.1. The van der Waals surface area contributed by atoms with Crippen molar-refractivity contribution >= 4 is 44.3 Å². The second-order valence-electron chi connectivity index (χ2n) is 2.27. The fourth-order valence-corrected chi connectivity index (χ4v) is 1.98. The normalized spacial score (nSPS) is 10.0. The van der Waals surface area contributed by atoms with Crippen molar-refractivity contribution in [3.05, 3.63) is 31.6 Å². The molecule has 0 N–H and O–H groups in total. The van der Waals surface area contributed by atoms with Crippen LogP contribution in [0.1, 0.15) is 17.3 Å². The lowest BCUT2D eigenvalue weighted by Crippen LogP contribution is -2.01. The maximum absolute atomic E-state index is 13.2. The Morgan fingerprint density at radius 3 is 2.58 bits per heavy atom. The van der Waals surface area contributed by atoms with Crippen molar-refractivity contribution in [2.75, 3.05) is 0 Å². The van der Waals surface area contributed by atoms with E-state index in [2.05, 4.69) is 15.9 Å². The Morgan fingerprint density at radius 1 is 1.58 bits per heavy atom. The number of halogens is 3. The van der Waals surface area contributed by atoms with E-state index < -0.39 is 5.82 Å². The lowest BCUT2D eigenvalue weighted by molar-refractivity contribution is 0.101. The molecule has 0 heterocycles. The SMILES string of the molecule is CC(=O)c1c(I)ccc(Br)c1F. The third kappa shape index (κ3) is 1.85. The van der Waals surface area contributed by atoms with Gasteiger partial charge in [-0.3, -0.25) is 4.79 Å². The molecule has 0 amide bonds. The Hall–Kier alpha value is 0.0300. The van der Waals surface area contributed by atoms with E-state index in [1.807, 2.05) is 22.6 Å². The first-order chi connectivity index (χ1) is 5.54. The van der Waals surface area contributed by atoms with Gasteiger partial charge < -0.3 is 0 Å². The number of carbonyl (C=O) groups is 1. The minimum absolute atomic E-state index is 0.157. The van der Waals surface area contributed by atoms with Gasteiger partial charge in [-0.05, 0) is 57.6 Å². The molecule has 0 aliphatic carbocycles. The summed E-state index contributed by atoms with van der Waals surface area (Å²) in [5.74, 6) is -0.729. The number of hydrogen-bond acceptors (Lipinski definition) is 1. The largest absolute Gasteiger partial charge is 0.294 e. The van der Waals surface area contributed by atoms with Crippen LogP contribution in [0.2, 0.25) is 0 Å². The predicted molar refractivity (Wildman–Crippen MR) is 56.8 cm³/mol. The van der Waals surface area contributed by atoms with Crippen LogP contribution in [0.3, 0.4) is 0 Å². The number of carbonyl (C=O) groups excluding carboxylic acids is 1. The number of ketones is 1. The molecular formula is C8H5BrFIO. The molecule has 0 saturated carbocycles. The zero-order chi connectivity index (χ0) is 9.30. The first-order valence-electron chi connectivity index (χ1n) is 3.18. The number of hydrogen-bond donors (Lipinski definition) is 0. The molecule has 0 aliphatic rings. The van der Waals surface area contributed by atoms with Gasteiger partial charge in [0.15, 0.2) is 5.78 Å². The smallest absolute Gasteiger partial charge is 0.163 e. The zero-order valence-electron chi connectivity index (χ0n) is 6.20. The van der Waals surface area contributed by atoms with Crippen LogP contribution >= 0.6 is 38.5 Å². The maximum Gasteiger partial charge on any atom is 0.163 e. The van der Waals surface area contributed by atoms with E-state index in [9.17, 15) is 9.18 Å². The topological polar surface area (TPSA) is 17.1 Å². The molecule has 0 bridgehead atoms. The Kier molecular flexibility index (Phi) is 3.22. The predicted octanol–water partition coefficient (Wildman–Crippen LogP) is 3.40. The van der Waals surface area contributed by atoms with Gasteiger partial charge in [0.2, 0.25) is 0 Å². The maximum atomic E-state index is 13.2. The van der Waals surface area contributed by atoms with Gasteiger partial charge in [0.05, 0.1) is 10.0 Å². The van der Waals surface area contributed by atoms with E-state index in [-0.39, 0.29) is 11.3 Å². The molecule has 1 aromatic carbocycles. The summed E-state index contributed by atoms with van der Waals surface area (Å²) in [6.07, 6.45) is 0. The van der Waals surface area contributed by atoms with E-state index in [0.717, 1.165) is 0 Å². The first kappa shape index (κ1) is 10.1. The Balaban J connectivity index is 3.43. The lowest BCUT2D eigenvalue weighted by Gasteiger charge is -2.02. The van der Waals surface area contributed by atoms with Crippen LogP contribution in [0.4, 0.5) is 4.39 Å². The molecule has 1 rings (SSSR count). The van der Waals surface area contributed by atoms with Crippen molar-refractivity contribution < 1.29 is 9.18 Å². The molecule has 4 heteroatoms. The van der Waals surface area contributed by atoms with Crippen LogP contribution in [0.5, 0.6) is 0 Å². The highest BCUT2D eigenvalue weighted by Gasteiger charge is 2.13. The first-order valence-corrected chi connectivity index (χ1v) is 5.05. The van der Waals surface area contributed by atoms with Gasteiger partial charge in [-0.15, -0.1) is 0 Å². The molecule has 0 unspecified atom stereocenters. The van der Waals surface area contributed by atoms with Crippen molar-refractivity contribution in [2.24, 2.45) is 0 Å². The molecule has 0 atom stereocenters. The van der Waals surface area contributed by atoms with Gasteiger partial charge in [0, 0.05) is 3.57 Å². The van der Waals surface area contributed by atoms with Gasteiger partial charge >= 0.3 is 0 Å². The van der Waals surface area contributed by atoms with Crippen LogP contribution in [0.25, 0.3) is 0 Å². The fourth-order valence-electron chi connectivity index (χ4n) is 0.850. The zero-order valence-corrected chi connectivity index (χ0v) is 9.94. The van der Waals surface area contributed by atoms with Crippen LogP contribution in [-0.2, 0) is 0 Å². The van der Waals surface area contributed by atoms with Crippen LogP contribution in [-0.4, -0.2) is 5.78 Å². The molecule has 0 aromatic heterocycles. The van der Waals surface area contributed by atoms with E-state index in [0.29, 0.717) is 8.04 Å². The average molecular weight is 343 g/mol. The summed E-state index contributed by atoms with van der Waals surface area (Å²) in [5, 5.41) is 0. The summed E-state index contributed by atoms with van der Waals surface area (Å²) in [4.78, 5) is 11.0. The second-order valence-corrected chi connectivity index (χ2v) is 4.29.